The predicted octanol–water partition coefficient (Wildman–Crippen LogP) is 4.41. The number of nitrogens with zero attached hydrogens (tertiary/aromatic N) is 2. The zero-order chi connectivity index (χ0) is 25.3. The van der Waals surface area contributed by atoms with E-state index in [2.05, 4.69) is 0 Å². The molecule has 0 saturated heterocycles. The van der Waals surface area contributed by atoms with E-state index >= 15 is 0 Å². The van der Waals surface area contributed by atoms with Crippen LogP contribution < -0.4 is 9.47 Å². The zero-order valence-electron chi connectivity index (χ0n) is 20.8. The van der Waals surface area contributed by atoms with Gasteiger partial charge >= 0.3 is 0 Å². The molecule has 1 aliphatic rings. The number of ether oxygens (including phenoxy) is 3. The van der Waals surface area contributed by atoms with Crippen LogP contribution in [-0.4, -0.2) is 54.7 Å². The van der Waals surface area contributed by atoms with Crippen LogP contribution in [0.5, 0.6) is 11.5 Å². The molecule has 1 aliphatic heterocycles. The van der Waals surface area contributed by atoms with Gasteiger partial charge in [-0.3, -0.25) is 9.59 Å². The van der Waals surface area contributed by atoms with Crippen LogP contribution in [0.3, 0.4) is 0 Å². The first-order valence-corrected chi connectivity index (χ1v) is 12.2. The Labute approximate surface area is 211 Å². The molecule has 8 nitrogen and oxygen atoms in total. The van der Waals surface area contributed by atoms with E-state index in [9.17, 15) is 9.59 Å². The Morgan fingerprint density at radius 1 is 0.972 bits per heavy atom. The third kappa shape index (κ3) is 6.46. The highest BCUT2D eigenvalue weighted by Gasteiger charge is 2.24. The molecule has 0 spiro atoms. The van der Waals surface area contributed by atoms with Crippen molar-refractivity contribution in [2.24, 2.45) is 0 Å². The van der Waals surface area contributed by atoms with Gasteiger partial charge in [0.2, 0.25) is 12.7 Å². The van der Waals surface area contributed by atoms with Gasteiger partial charge in [-0.2, -0.15) is 0 Å². The fourth-order valence-electron chi connectivity index (χ4n) is 4.08. The van der Waals surface area contributed by atoms with Gasteiger partial charge in [0.05, 0.1) is 12.8 Å². The summed E-state index contributed by atoms with van der Waals surface area (Å²) in [5.41, 5.74) is 2.36. The smallest absolute Gasteiger partial charge is 0.254 e. The minimum Gasteiger partial charge on any atom is -0.467 e. The Balaban J connectivity index is 1.53. The van der Waals surface area contributed by atoms with Crippen molar-refractivity contribution in [3.05, 3.63) is 83.3 Å². The molecule has 8 heteroatoms. The van der Waals surface area contributed by atoms with Crippen LogP contribution in [0, 0.1) is 6.92 Å². The first kappa shape index (κ1) is 25.3. The fraction of sp³-hybridized carbons (Fsp3) is 0.357. The summed E-state index contributed by atoms with van der Waals surface area (Å²) in [7, 11) is 0. The van der Waals surface area contributed by atoms with Gasteiger partial charge in [-0.05, 0) is 61.7 Å². The summed E-state index contributed by atoms with van der Waals surface area (Å²) < 4.78 is 21.9. The fourth-order valence-corrected chi connectivity index (χ4v) is 4.08. The van der Waals surface area contributed by atoms with E-state index in [0.717, 1.165) is 11.1 Å². The maximum absolute atomic E-state index is 13.6. The molecule has 0 N–H and O–H groups in total. The summed E-state index contributed by atoms with van der Waals surface area (Å²) in [6.07, 6.45) is 2.22. The van der Waals surface area contributed by atoms with E-state index < -0.39 is 0 Å². The predicted molar refractivity (Wildman–Crippen MR) is 134 cm³/mol. The average Bonchev–Trinajstić information content (AvgIpc) is 3.57. The van der Waals surface area contributed by atoms with E-state index in [0.29, 0.717) is 55.5 Å². The molecule has 3 aromatic rings. The molecule has 0 radical (unpaired) electrons. The number of furan rings is 1. The first-order valence-electron chi connectivity index (χ1n) is 12.2. The lowest BCUT2D eigenvalue weighted by Gasteiger charge is -2.28. The molecular formula is C28H32N2O6. The number of aryl methyl sites for hydroxylation is 1. The van der Waals surface area contributed by atoms with Crippen molar-refractivity contribution in [2.75, 3.05) is 33.1 Å². The van der Waals surface area contributed by atoms with E-state index in [1.165, 1.54) is 0 Å². The van der Waals surface area contributed by atoms with Gasteiger partial charge in [-0.25, -0.2) is 0 Å². The summed E-state index contributed by atoms with van der Waals surface area (Å²) in [4.78, 5) is 30.4. The number of carbonyl (C=O) groups is 2. The van der Waals surface area contributed by atoms with Gasteiger partial charge in [-0.15, -0.1) is 0 Å². The number of amides is 2. The standard InChI is InChI=1S/C28H32N2O6/c1-3-33-14-7-13-29(28(32)24-10-5-4-8-21(24)2)19-27(31)30(18-23-9-6-15-34-23)17-22-11-12-25-26(16-22)36-20-35-25/h4-6,8-12,15-16H,3,7,13-14,17-20H2,1-2H3. The van der Waals surface area contributed by atoms with E-state index in [-0.39, 0.29) is 31.7 Å². The molecule has 2 amide bonds. The summed E-state index contributed by atoms with van der Waals surface area (Å²) in [6, 6.07) is 16.7. The van der Waals surface area contributed by atoms with Crippen molar-refractivity contribution < 1.29 is 28.2 Å². The van der Waals surface area contributed by atoms with Gasteiger partial charge in [0.1, 0.15) is 12.3 Å². The minimum absolute atomic E-state index is 0.0510. The van der Waals surface area contributed by atoms with Gasteiger partial charge in [0.15, 0.2) is 11.5 Å². The normalized spacial score (nSPS) is 11.9. The summed E-state index contributed by atoms with van der Waals surface area (Å²) in [5, 5.41) is 0. The third-order valence-electron chi connectivity index (χ3n) is 6.00. The van der Waals surface area contributed by atoms with Crippen LogP contribution in [0.4, 0.5) is 0 Å². The molecule has 2 aromatic carbocycles. The maximum atomic E-state index is 13.6. The van der Waals surface area contributed by atoms with Crippen LogP contribution in [0.25, 0.3) is 0 Å². The van der Waals surface area contributed by atoms with Crippen molar-refractivity contribution in [3.8, 4) is 11.5 Å². The van der Waals surface area contributed by atoms with Crippen molar-refractivity contribution in [1.29, 1.82) is 0 Å². The second-order valence-corrected chi connectivity index (χ2v) is 8.61. The van der Waals surface area contributed by atoms with Gasteiger partial charge < -0.3 is 28.4 Å². The second-order valence-electron chi connectivity index (χ2n) is 8.61. The Kier molecular flexibility index (Phi) is 8.62. The van der Waals surface area contributed by atoms with Crippen molar-refractivity contribution in [1.82, 2.24) is 9.80 Å². The number of fused-ring (bicyclic) bond motifs is 1. The molecule has 190 valence electrons. The summed E-state index contributed by atoms with van der Waals surface area (Å²) in [5.74, 6) is 1.66. The highest BCUT2D eigenvalue weighted by atomic mass is 16.7. The molecule has 0 fully saturated rings. The van der Waals surface area contributed by atoms with Crippen LogP contribution in [0.2, 0.25) is 0 Å². The number of carbonyl (C=O) groups excluding carboxylic acids is 2. The molecule has 0 saturated carbocycles. The molecule has 0 aliphatic carbocycles. The van der Waals surface area contributed by atoms with Gasteiger partial charge in [0.25, 0.3) is 5.91 Å². The molecular weight excluding hydrogens is 460 g/mol. The number of benzene rings is 2. The van der Waals surface area contributed by atoms with Crippen LogP contribution in [-0.2, 0) is 22.6 Å². The Morgan fingerprint density at radius 3 is 2.58 bits per heavy atom. The van der Waals surface area contributed by atoms with Crippen LogP contribution in [0.15, 0.2) is 65.3 Å². The van der Waals surface area contributed by atoms with E-state index in [4.69, 9.17) is 18.6 Å². The number of hydrogen-bond acceptors (Lipinski definition) is 6. The maximum Gasteiger partial charge on any atom is 0.254 e. The monoisotopic (exact) mass is 492 g/mol. The zero-order valence-corrected chi connectivity index (χ0v) is 20.8. The van der Waals surface area contributed by atoms with E-state index in [1.807, 2.05) is 56.3 Å². The lowest BCUT2D eigenvalue weighted by Crippen LogP contribution is -2.43. The SMILES string of the molecule is CCOCCCN(CC(=O)N(Cc1ccc2c(c1)OCO2)Cc1ccco1)C(=O)c1ccccc1C. The highest BCUT2D eigenvalue weighted by Crippen LogP contribution is 2.33. The van der Waals surface area contributed by atoms with Crippen molar-refractivity contribution >= 4 is 11.8 Å². The van der Waals surface area contributed by atoms with E-state index in [1.54, 1.807) is 28.2 Å². The minimum atomic E-state index is -0.178. The molecule has 0 unspecified atom stereocenters. The molecule has 1 aromatic heterocycles. The van der Waals surface area contributed by atoms with Crippen LogP contribution >= 0.6 is 0 Å². The summed E-state index contributed by atoms with van der Waals surface area (Å²) >= 11 is 0. The first-order chi connectivity index (χ1) is 17.5. The third-order valence-corrected chi connectivity index (χ3v) is 6.00. The lowest BCUT2D eigenvalue weighted by molar-refractivity contribution is -0.133. The average molecular weight is 493 g/mol. The summed E-state index contributed by atoms with van der Waals surface area (Å²) in [6.45, 7) is 6.13. The molecule has 2 heterocycles. The highest BCUT2D eigenvalue weighted by molar-refractivity contribution is 5.97. The number of hydrogen-bond donors (Lipinski definition) is 0. The Bertz CT molecular complexity index is 1160. The van der Waals surface area contributed by atoms with Crippen LogP contribution in [0.1, 0.15) is 40.6 Å². The molecule has 0 atom stereocenters. The van der Waals surface area contributed by atoms with Crippen molar-refractivity contribution in [3.63, 3.8) is 0 Å². The quantitative estimate of drug-likeness (QED) is 0.348. The molecule has 36 heavy (non-hydrogen) atoms. The van der Waals surface area contributed by atoms with Gasteiger partial charge in [0, 0.05) is 31.9 Å². The molecule has 0 bridgehead atoms. The topological polar surface area (TPSA) is 81.5 Å². The molecule has 4 rings (SSSR count). The second kappa shape index (κ2) is 12.3. The van der Waals surface area contributed by atoms with Crippen molar-refractivity contribution in [2.45, 2.75) is 33.4 Å². The Morgan fingerprint density at radius 2 is 1.81 bits per heavy atom. The Hall–Kier alpha value is -3.78. The largest absolute Gasteiger partial charge is 0.467 e. The number of rotatable bonds is 12. The van der Waals surface area contributed by atoms with Gasteiger partial charge in [-0.1, -0.05) is 24.3 Å². The lowest BCUT2D eigenvalue weighted by atomic mass is 10.1.